The number of aryl methyl sites for hydroxylation is 1. The minimum absolute atomic E-state index is 0.751. The van der Waals surface area contributed by atoms with Crippen LogP contribution in [0.1, 0.15) is 21.5 Å². The summed E-state index contributed by atoms with van der Waals surface area (Å²) >= 11 is 0. The normalized spacial score (nSPS) is 10.8. The SMILES string of the molecule is Cc1ccccc1Cn1ccc2c(C=O)cccc21. The number of aromatic nitrogens is 1. The van der Waals surface area contributed by atoms with Gasteiger partial charge in [-0.05, 0) is 30.2 Å². The van der Waals surface area contributed by atoms with Crippen molar-refractivity contribution in [2.45, 2.75) is 13.5 Å². The van der Waals surface area contributed by atoms with Crippen molar-refractivity contribution in [2.24, 2.45) is 0 Å². The highest BCUT2D eigenvalue weighted by Crippen LogP contribution is 2.21. The van der Waals surface area contributed by atoms with Crippen molar-refractivity contribution in [3.05, 3.63) is 71.4 Å². The summed E-state index contributed by atoms with van der Waals surface area (Å²) < 4.78 is 2.19. The Kier molecular flexibility index (Phi) is 2.92. The Hall–Kier alpha value is -2.35. The fourth-order valence-electron chi connectivity index (χ4n) is 2.46. The molecule has 94 valence electrons. The Bertz CT molecular complexity index is 740. The molecule has 1 heterocycles. The van der Waals surface area contributed by atoms with E-state index in [4.69, 9.17) is 0 Å². The van der Waals surface area contributed by atoms with Crippen LogP contribution in [0.3, 0.4) is 0 Å². The van der Waals surface area contributed by atoms with Crippen molar-refractivity contribution in [2.75, 3.05) is 0 Å². The van der Waals surface area contributed by atoms with Crippen LogP contribution in [0, 0.1) is 6.92 Å². The molecule has 0 saturated heterocycles. The van der Waals surface area contributed by atoms with E-state index in [1.165, 1.54) is 11.1 Å². The van der Waals surface area contributed by atoms with Gasteiger partial charge in [-0.15, -0.1) is 0 Å². The summed E-state index contributed by atoms with van der Waals surface area (Å²) in [5.74, 6) is 0. The molecule has 3 rings (SSSR count). The molecule has 0 radical (unpaired) electrons. The lowest BCUT2D eigenvalue weighted by Gasteiger charge is -2.08. The number of rotatable bonds is 3. The van der Waals surface area contributed by atoms with Crippen molar-refractivity contribution in [1.29, 1.82) is 0 Å². The van der Waals surface area contributed by atoms with E-state index in [0.29, 0.717) is 0 Å². The highest BCUT2D eigenvalue weighted by atomic mass is 16.1. The number of nitrogens with zero attached hydrogens (tertiary/aromatic N) is 1. The fraction of sp³-hybridized carbons (Fsp3) is 0.118. The summed E-state index contributed by atoms with van der Waals surface area (Å²) in [6, 6.07) is 16.2. The third kappa shape index (κ3) is 2.06. The first-order valence-corrected chi connectivity index (χ1v) is 6.37. The van der Waals surface area contributed by atoms with Crippen LogP contribution < -0.4 is 0 Å². The Morgan fingerprint density at radius 3 is 2.68 bits per heavy atom. The second-order valence-electron chi connectivity index (χ2n) is 4.77. The molecule has 2 heteroatoms. The Morgan fingerprint density at radius 1 is 1.05 bits per heavy atom. The van der Waals surface area contributed by atoms with E-state index in [0.717, 1.165) is 29.3 Å². The lowest BCUT2D eigenvalue weighted by Crippen LogP contribution is -1.99. The van der Waals surface area contributed by atoms with Crippen LogP contribution in [-0.2, 0) is 6.54 Å². The highest BCUT2D eigenvalue weighted by Gasteiger charge is 2.06. The van der Waals surface area contributed by atoms with Gasteiger partial charge >= 0.3 is 0 Å². The Labute approximate surface area is 112 Å². The van der Waals surface area contributed by atoms with Gasteiger partial charge < -0.3 is 4.57 Å². The topological polar surface area (TPSA) is 22.0 Å². The maximum Gasteiger partial charge on any atom is 0.150 e. The first kappa shape index (κ1) is 11.7. The van der Waals surface area contributed by atoms with E-state index < -0.39 is 0 Å². The number of benzene rings is 2. The monoisotopic (exact) mass is 249 g/mol. The van der Waals surface area contributed by atoms with Crippen LogP contribution in [0.5, 0.6) is 0 Å². The van der Waals surface area contributed by atoms with E-state index in [1.807, 2.05) is 24.4 Å². The Morgan fingerprint density at radius 2 is 1.89 bits per heavy atom. The molecule has 1 aromatic heterocycles. The average molecular weight is 249 g/mol. The molecule has 0 aliphatic rings. The lowest BCUT2D eigenvalue weighted by atomic mass is 10.1. The van der Waals surface area contributed by atoms with E-state index >= 15 is 0 Å². The molecular formula is C17H15NO. The van der Waals surface area contributed by atoms with Gasteiger partial charge in [-0.2, -0.15) is 0 Å². The predicted octanol–water partition coefficient (Wildman–Crippen LogP) is 3.81. The zero-order chi connectivity index (χ0) is 13.2. The molecular weight excluding hydrogens is 234 g/mol. The number of carbonyl (C=O) groups excluding carboxylic acids is 1. The second kappa shape index (κ2) is 4.73. The van der Waals surface area contributed by atoms with Crippen LogP contribution >= 0.6 is 0 Å². The van der Waals surface area contributed by atoms with E-state index in [2.05, 4.69) is 41.8 Å². The van der Waals surface area contributed by atoms with Gasteiger partial charge in [0, 0.05) is 29.2 Å². The molecule has 0 atom stereocenters. The fourth-order valence-corrected chi connectivity index (χ4v) is 2.46. The number of hydrogen-bond acceptors (Lipinski definition) is 1. The number of carbonyl (C=O) groups is 1. The summed E-state index contributed by atoms with van der Waals surface area (Å²) in [7, 11) is 0. The number of hydrogen-bond donors (Lipinski definition) is 0. The molecule has 3 aromatic rings. The number of aldehydes is 1. The van der Waals surface area contributed by atoms with Crippen LogP contribution in [0.4, 0.5) is 0 Å². The minimum Gasteiger partial charge on any atom is -0.343 e. The molecule has 0 aliphatic heterocycles. The van der Waals surface area contributed by atoms with Gasteiger partial charge in [-0.25, -0.2) is 0 Å². The van der Waals surface area contributed by atoms with Gasteiger partial charge in [0.25, 0.3) is 0 Å². The van der Waals surface area contributed by atoms with Crippen molar-refractivity contribution >= 4 is 17.2 Å². The summed E-state index contributed by atoms with van der Waals surface area (Å²) in [4.78, 5) is 11.0. The molecule has 0 amide bonds. The molecule has 19 heavy (non-hydrogen) atoms. The maximum absolute atomic E-state index is 11.0. The quantitative estimate of drug-likeness (QED) is 0.647. The van der Waals surface area contributed by atoms with E-state index in [-0.39, 0.29) is 0 Å². The van der Waals surface area contributed by atoms with Crippen LogP contribution in [0.25, 0.3) is 10.9 Å². The maximum atomic E-state index is 11.0. The second-order valence-corrected chi connectivity index (χ2v) is 4.77. The van der Waals surface area contributed by atoms with Crippen molar-refractivity contribution in [3.8, 4) is 0 Å². The van der Waals surface area contributed by atoms with Gasteiger partial charge in [0.2, 0.25) is 0 Å². The first-order valence-electron chi connectivity index (χ1n) is 6.37. The lowest BCUT2D eigenvalue weighted by molar-refractivity contribution is 0.112. The van der Waals surface area contributed by atoms with Crippen LogP contribution in [0.15, 0.2) is 54.7 Å². The van der Waals surface area contributed by atoms with E-state index in [1.54, 1.807) is 0 Å². The van der Waals surface area contributed by atoms with Gasteiger partial charge in [0.1, 0.15) is 0 Å². The molecule has 0 saturated carbocycles. The van der Waals surface area contributed by atoms with E-state index in [9.17, 15) is 4.79 Å². The standard InChI is InChI=1S/C17H15NO/c1-13-5-2-3-6-14(13)11-18-10-9-16-15(12-19)7-4-8-17(16)18/h2-10,12H,11H2,1H3. The van der Waals surface area contributed by atoms with Gasteiger partial charge in [-0.3, -0.25) is 4.79 Å². The zero-order valence-corrected chi connectivity index (χ0v) is 10.8. The van der Waals surface area contributed by atoms with Crippen LogP contribution in [0.2, 0.25) is 0 Å². The van der Waals surface area contributed by atoms with Crippen molar-refractivity contribution < 1.29 is 4.79 Å². The third-order valence-electron chi connectivity index (χ3n) is 3.58. The van der Waals surface area contributed by atoms with Gasteiger partial charge in [0.05, 0.1) is 0 Å². The third-order valence-corrected chi connectivity index (χ3v) is 3.58. The van der Waals surface area contributed by atoms with Crippen LogP contribution in [-0.4, -0.2) is 10.9 Å². The summed E-state index contributed by atoms with van der Waals surface area (Å²) in [5, 5.41) is 1.02. The Balaban J connectivity index is 2.07. The zero-order valence-electron chi connectivity index (χ0n) is 10.8. The summed E-state index contributed by atoms with van der Waals surface area (Å²) in [6.07, 6.45) is 2.96. The molecule has 0 N–H and O–H groups in total. The summed E-state index contributed by atoms with van der Waals surface area (Å²) in [5.41, 5.74) is 4.45. The summed E-state index contributed by atoms with van der Waals surface area (Å²) in [6.45, 7) is 2.95. The molecule has 0 aliphatic carbocycles. The van der Waals surface area contributed by atoms with Gasteiger partial charge in [0.15, 0.2) is 6.29 Å². The first-order chi connectivity index (χ1) is 9.29. The molecule has 2 nitrogen and oxygen atoms in total. The smallest absolute Gasteiger partial charge is 0.150 e. The number of fused-ring (bicyclic) bond motifs is 1. The molecule has 2 aromatic carbocycles. The van der Waals surface area contributed by atoms with Crippen molar-refractivity contribution in [3.63, 3.8) is 0 Å². The highest BCUT2D eigenvalue weighted by molar-refractivity contribution is 5.97. The minimum atomic E-state index is 0.751. The molecule has 0 bridgehead atoms. The van der Waals surface area contributed by atoms with Gasteiger partial charge in [-0.1, -0.05) is 36.4 Å². The largest absolute Gasteiger partial charge is 0.343 e. The average Bonchev–Trinajstić information content (AvgIpc) is 2.84. The predicted molar refractivity (Wildman–Crippen MR) is 77.6 cm³/mol. The molecule has 0 fully saturated rings. The van der Waals surface area contributed by atoms with Crippen molar-refractivity contribution in [1.82, 2.24) is 4.57 Å². The molecule has 0 unspecified atom stereocenters. The molecule has 0 spiro atoms.